The second kappa shape index (κ2) is 37.9. The van der Waals surface area contributed by atoms with Crippen LogP contribution in [-0.2, 0) is 5.48 Å². The molecular weight excluding hydrogens is 89.0 g/mol. The van der Waals surface area contributed by atoms with Crippen LogP contribution in [0.15, 0.2) is 0 Å². The minimum absolute atomic E-state index is 0. The Morgan fingerprint density at radius 3 is 0.750 bits per heavy atom. The third kappa shape index (κ3) is 12.4. The Labute approximate surface area is 45.3 Å². The zero-order valence-electron chi connectivity index (χ0n) is 1.94. The Balaban J connectivity index is 0. The molecular formula is Al2FO+3. The van der Waals surface area contributed by atoms with Crippen molar-refractivity contribution < 1.29 is 10.2 Å². The summed E-state index contributed by atoms with van der Waals surface area (Å²) in [7, 11) is 0. The van der Waals surface area contributed by atoms with Gasteiger partial charge in [-0.05, 0) is 0 Å². The topological polar surface area (TPSA) is 28.5 Å². The van der Waals surface area contributed by atoms with E-state index in [1.54, 1.807) is 0 Å². The van der Waals surface area contributed by atoms with Gasteiger partial charge in [0, 0.05) is 0 Å². The maximum atomic E-state index is 0. The molecule has 16 valence electrons. The molecule has 0 N–H and O–H groups in total. The molecule has 0 heterocycles. The third-order valence-corrected chi connectivity index (χ3v) is 0. The largest absolute Gasteiger partial charge is 3.00 e. The normalized spacial score (nSPS) is 0. The monoisotopic (exact) mass is 89.0 g/mol. The molecule has 0 bridgehead atoms. The second-order valence-electron chi connectivity index (χ2n) is 0. The molecule has 0 rings (SSSR count). The molecule has 0 spiro atoms. The summed E-state index contributed by atoms with van der Waals surface area (Å²) in [6.07, 6.45) is 0. The second-order valence-corrected chi connectivity index (χ2v) is 0. The average Bonchev–Trinajstić information content (AvgIpc) is 0. The summed E-state index contributed by atoms with van der Waals surface area (Å²) in [5.74, 6) is 0. The standard InChI is InChI=1S/2Al.FH.O/h;;1H;/q2*+3;;-2/p-1. The van der Waals surface area contributed by atoms with Crippen molar-refractivity contribution in [3.63, 3.8) is 0 Å². The fourth-order valence-corrected chi connectivity index (χ4v) is 0. The molecule has 0 atom stereocenters. The molecule has 0 unspecified atom stereocenters. The molecule has 0 aromatic rings. The summed E-state index contributed by atoms with van der Waals surface area (Å²) in [5, 5.41) is 0. The SMILES string of the molecule is [Al+3].[Al+3].[F-].[O-2]. The summed E-state index contributed by atoms with van der Waals surface area (Å²) >= 11 is 0. The van der Waals surface area contributed by atoms with Crippen LogP contribution in [0.2, 0.25) is 0 Å². The van der Waals surface area contributed by atoms with Crippen molar-refractivity contribution >= 4 is 34.7 Å². The van der Waals surface area contributed by atoms with Gasteiger partial charge in [-0.2, -0.15) is 0 Å². The van der Waals surface area contributed by atoms with Crippen LogP contribution in [0.25, 0.3) is 0 Å². The number of hydrogen-bond acceptors (Lipinski definition) is 0. The van der Waals surface area contributed by atoms with E-state index < -0.39 is 0 Å². The first kappa shape index (κ1) is 85.0. The van der Waals surface area contributed by atoms with E-state index in [-0.39, 0.29) is 44.9 Å². The van der Waals surface area contributed by atoms with Gasteiger partial charge in [0.2, 0.25) is 0 Å². The predicted molar refractivity (Wildman–Crippen MR) is 12.2 cm³/mol. The summed E-state index contributed by atoms with van der Waals surface area (Å²) in [5.41, 5.74) is 0. The van der Waals surface area contributed by atoms with Crippen molar-refractivity contribution in [2.24, 2.45) is 0 Å². The molecule has 0 aliphatic rings. The maximum absolute atomic E-state index is 0. The van der Waals surface area contributed by atoms with Gasteiger partial charge in [-0.1, -0.05) is 0 Å². The van der Waals surface area contributed by atoms with Gasteiger partial charge >= 0.3 is 34.7 Å². The van der Waals surface area contributed by atoms with Crippen molar-refractivity contribution in [3.05, 3.63) is 0 Å². The van der Waals surface area contributed by atoms with E-state index in [0.29, 0.717) is 0 Å². The van der Waals surface area contributed by atoms with Gasteiger partial charge in [0.05, 0.1) is 0 Å². The Hall–Kier alpha value is 0.955. The zero-order chi connectivity index (χ0) is 0. The summed E-state index contributed by atoms with van der Waals surface area (Å²) in [6.45, 7) is 0. The summed E-state index contributed by atoms with van der Waals surface area (Å²) < 4.78 is 0. The van der Waals surface area contributed by atoms with Crippen molar-refractivity contribution in [1.82, 2.24) is 0 Å². The molecule has 0 saturated carbocycles. The quantitative estimate of drug-likeness (QED) is 0.272. The van der Waals surface area contributed by atoms with Crippen LogP contribution < -0.4 is 4.70 Å². The van der Waals surface area contributed by atoms with Crippen molar-refractivity contribution in [1.29, 1.82) is 0 Å². The van der Waals surface area contributed by atoms with Crippen LogP contribution >= 0.6 is 0 Å². The fraction of sp³-hybridized carbons (Fsp3) is 0. The molecule has 0 saturated heterocycles. The van der Waals surface area contributed by atoms with Crippen LogP contribution in [0, 0.1) is 0 Å². The van der Waals surface area contributed by atoms with Crippen LogP contribution in [0.3, 0.4) is 0 Å². The van der Waals surface area contributed by atoms with Crippen LogP contribution in [0.5, 0.6) is 0 Å². The zero-order valence-corrected chi connectivity index (χ0v) is 4.25. The van der Waals surface area contributed by atoms with Gasteiger partial charge in [-0.3, -0.25) is 0 Å². The van der Waals surface area contributed by atoms with Crippen molar-refractivity contribution in [2.45, 2.75) is 0 Å². The van der Waals surface area contributed by atoms with Gasteiger partial charge in [-0.25, -0.2) is 0 Å². The Morgan fingerprint density at radius 2 is 0.750 bits per heavy atom. The van der Waals surface area contributed by atoms with Gasteiger partial charge in [-0.15, -0.1) is 0 Å². The first-order chi connectivity index (χ1) is 0. The maximum Gasteiger partial charge on any atom is 3.00 e. The predicted octanol–water partition coefficient (Wildman–Crippen LogP) is -3.88. The van der Waals surface area contributed by atoms with E-state index in [1.807, 2.05) is 0 Å². The van der Waals surface area contributed by atoms with Gasteiger partial charge in [0.25, 0.3) is 0 Å². The summed E-state index contributed by atoms with van der Waals surface area (Å²) in [6, 6.07) is 0. The van der Waals surface area contributed by atoms with Crippen LogP contribution in [-0.4, -0.2) is 34.7 Å². The summed E-state index contributed by atoms with van der Waals surface area (Å²) in [4.78, 5) is 0. The van der Waals surface area contributed by atoms with Crippen molar-refractivity contribution in [3.8, 4) is 0 Å². The molecule has 4 heteroatoms. The van der Waals surface area contributed by atoms with E-state index in [2.05, 4.69) is 0 Å². The molecule has 0 aliphatic heterocycles. The van der Waals surface area contributed by atoms with E-state index in [0.717, 1.165) is 0 Å². The molecule has 0 amide bonds. The van der Waals surface area contributed by atoms with Gasteiger partial charge < -0.3 is 10.2 Å². The molecule has 0 fully saturated rings. The van der Waals surface area contributed by atoms with Crippen LogP contribution in [0.4, 0.5) is 0 Å². The average molecular weight is 89.0 g/mol. The fourth-order valence-electron chi connectivity index (χ4n) is 0. The minimum Gasteiger partial charge on any atom is -2.00 e. The first-order valence-corrected chi connectivity index (χ1v) is 0. The van der Waals surface area contributed by atoms with E-state index in [1.165, 1.54) is 0 Å². The van der Waals surface area contributed by atoms with E-state index >= 15 is 0 Å². The molecule has 0 aromatic heterocycles. The van der Waals surface area contributed by atoms with Gasteiger partial charge in [0.1, 0.15) is 0 Å². The Bertz CT molecular complexity index is 6.00. The Morgan fingerprint density at radius 1 is 0.750 bits per heavy atom. The minimum atomic E-state index is 0. The van der Waals surface area contributed by atoms with E-state index in [9.17, 15) is 0 Å². The first-order valence-electron chi connectivity index (χ1n) is 0. The molecule has 4 heavy (non-hydrogen) atoms. The number of rotatable bonds is 0. The molecule has 0 radical (unpaired) electrons. The smallest absolute Gasteiger partial charge is 2.00 e. The van der Waals surface area contributed by atoms with Crippen molar-refractivity contribution in [2.75, 3.05) is 0 Å². The Kier molecular flexibility index (Phi) is 805. The molecule has 1 nitrogen and oxygen atoms in total. The van der Waals surface area contributed by atoms with Gasteiger partial charge in [0.15, 0.2) is 0 Å². The third-order valence-electron chi connectivity index (χ3n) is 0. The van der Waals surface area contributed by atoms with Crippen LogP contribution in [0.1, 0.15) is 0 Å². The number of hydrogen-bond donors (Lipinski definition) is 0. The van der Waals surface area contributed by atoms with E-state index in [4.69, 9.17) is 0 Å². The molecule has 0 aliphatic carbocycles. The number of halogens is 1. The molecule has 0 aromatic carbocycles.